The monoisotopic (exact) mass is 516 g/mol. The van der Waals surface area contributed by atoms with Crippen molar-refractivity contribution in [2.75, 3.05) is 5.73 Å². The van der Waals surface area contributed by atoms with E-state index in [0.717, 1.165) is 49.6 Å². The maximum Gasteiger partial charge on any atom is 0.322 e. The largest absolute Gasteiger partial charge is 0.424 e. The third-order valence-electron chi connectivity index (χ3n) is 6.17. The summed E-state index contributed by atoms with van der Waals surface area (Å²) in [6, 6.07) is 20.1. The Labute approximate surface area is 221 Å². The lowest BCUT2D eigenvalue weighted by Crippen LogP contribution is -1.95. The number of benzene rings is 2. The number of aromatic nitrogens is 6. The summed E-state index contributed by atoms with van der Waals surface area (Å²) in [5.41, 5.74) is 12.7. The molecule has 184 valence electrons. The van der Waals surface area contributed by atoms with E-state index < -0.39 is 0 Å². The minimum atomic E-state index is 0.296. The predicted molar refractivity (Wildman–Crippen MR) is 146 cm³/mol. The van der Waals surface area contributed by atoms with Crippen LogP contribution in [0.5, 0.6) is 11.8 Å². The summed E-state index contributed by atoms with van der Waals surface area (Å²) in [5, 5.41) is 10.3. The van der Waals surface area contributed by atoms with Crippen LogP contribution in [0.15, 0.2) is 73.3 Å². The number of nitrogens with zero attached hydrogens (tertiary/aromatic N) is 7. The molecular formula is C28H20N8OS. The van der Waals surface area contributed by atoms with Crippen LogP contribution in [0.2, 0.25) is 0 Å². The zero-order valence-corrected chi connectivity index (χ0v) is 21.3. The molecule has 4 heterocycles. The van der Waals surface area contributed by atoms with Gasteiger partial charge in [0.2, 0.25) is 0 Å². The second-order valence-electron chi connectivity index (χ2n) is 8.57. The maximum atomic E-state index is 9.11. The molecule has 0 aliphatic rings. The van der Waals surface area contributed by atoms with Gasteiger partial charge >= 0.3 is 6.01 Å². The van der Waals surface area contributed by atoms with Crippen LogP contribution in [0.25, 0.3) is 43.9 Å². The Morgan fingerprint density at radius 1 is 0.921 bits per heavy atom. The van der Waals surface area contributed by atoms with Crippen molar-refractivity contribution in [3.63, 3.8) is 0 Å². The van der Waals surface area contributed by atoms with Crippen molar-refractivity contribution in [3.05, 3.63) is 84.0 Å². The highest BCUT2D eigenvalue weighted by Gasteiger charge is 2.22. The molecule has 6 aromatic rings. The van der Waals surface area contributed by atoms with Gasteiger partial charge in [-0.15, -0.1) is 11.3 Å². The van der Waals surface area contributed by atoms with Crippen LogP contribution in [0, 0.1) is 18.3 Å². The van der Waals surface area contributed by atoms with Gasteiger partial charge in [-0.1, -0.05) is 36.4 Å². The fraction of sp³-hybridized carbons (Fsp3) is 0.0714. The Kier molecular flexibility index (Phi) is 5.75. The fourth-order valence-corrected chi connectivity index (χ4v) is 5.14. The summed E-state index contributed by atoms with van der Waals surface area (Å²) in [7, 11) is 1.97. The van der Waals surface area contributed by atoms with E-state index in [1.54, 1.807) is 12.4 Å². The minimum absolute atomic E-state index is 0.296. The van der Waals surface area contributed by atoms with Gasteiger partial charge in [0.25, 0.3) is 0 Å². The molecule has 6 rings (SSSR count). The summed E-state index contributed by atoms with van der Waals surface area (Å²) in [4.78, 5) is 22.4. The second kappa shape index (κ2) is 9.38. The molecule has 0 unspecified atom stereocenters. The molecule has 0 bridgehead atoms. The molecular weight excluding hydrogens is 496 g/mol. The number of hydrogen-bond acceptors (Lipinski definition) is 9. The topological polar surface area (TPSA) is 128 Å². The molecule has 0 radical (unpaired) electrons. The summed E-state index contributed by atoms with van der Waals surface area (Å²) in [6.45, 7) is 1.89. The number of hydrogen-bond donors (Lipinski definition) is 1. The van der Waals surface area contributed by atoms with Crippen molar-refractivity contribution in [3.8, 4) is 50.7 Å². The lowest BCUT2D eigenvalue weighted by Gasteiger charge is -2.10. The standard InChI is InChI=1S/C28H20N8OS/c1-16-11-12-31-28(35-16)37-20-9-7-18(8-10-20)23-24-26(30)33-15-34-27(24)36(2)25(23)19-5-3-17(4-6-19)21-14-32-22(13-29)38-21/h3-12,14-15H,1-2H3,(H2,30,33,34). The predicted octanol–water partition coefficient (Wildman–Crippen LogP) is 5.77. The number of ether oxygens (including phenoxy) is 1. The van der Waals surface area contributed by atoms with E-state index in [2.05, 4.69) is 43.1 Å². The smallest absolute Gasteiger partial charge is 0.322 e. The Bertz CT molecular complexity index is 1830. The van der Waals surface area contributed by atoms with Crippen LogP contribution in [0.3, 0.4) is 0 Å². The lowest BCUT2D eigenvalue weighted by atomic mass is 9.98. The molecule has 4 aromatic heterocycles. The minimum Gasteiger partial charge on any atom is -0.424 e. The van der Waals surface area contributed by atoms with Crippen LogP contribution < -0.4 is 10.5 Å². The molecule has 0 amide bonds. The highest BCUT2D eigenvalue weighted by molar-refractivity contribution is 7.15. The van der Waals surface area contributed by atoms with Crippen LogP contribution >= 0.6 is 11.3 Å². The van der Waals surface area contributed by atoms with Gasteiger partial charge in [0.1, 0.15) is 29.6 Å². The summed E-state index contributed by atoms with van der Waals surface area (Å²) in [6.07, 6.45) is 4.87. The van der Waals surface area contributed by atoms with Gasteiger partial charge in [0.15, 0.2) is 5.01 Å². The average molecular weight is 517 g/mol. The molecule has 9 nitrogen and oxygen atoms in total. The summed E-state index contributed by atoms with van der Waals surface area (Å²) >= 11 is 1.37. The molecule has 0 saturated heterocycles. The first kappa shape index (κ1) is 23.3. The quantitative estimate of drug-likeness (QED) is 0.306. The molecule has 0 fully saturated rings. The van der Waals surface area contributed by atoms with E-state index in [0.29, 0.717) is 22.6 Å². The van der Waals surface area contributed by atoms with Gasteiger partial charge in [0, 0.05) is 30.7 Å². The Hall–Kier alpha value is -5.14. The first-order valence-electron chi connectivity index (χ1n) is 11.7. The first-order valence-corrected chi connectivity index (χ1v) is 12.5. The Morgan fingerprint density at radius 2 is 1.66 bits per heavy atom. The summed E-state index contributed by atoms with van der Waals surface area (Å²) in [5.74, 6) is 1.03. The van der Waals surface area contributed by atoms with Crippen LogP contribution in [-0.4, -0.2) is 29.5 Å². The van der Waals surface area contributed by atoms with Gasteiger partial charge < -0.3 is 15.0 Å². The molecule has 0 atom stereocenters. The highest BCUT2D eigenvalue weighted by Crippen LogP contribution is 2.42. The molecule has 0 aliphatic carbocycles. The van der Waals surface area contributed by atoms with Gasteiger partial charge in [-0.25, -0.2) is 24.9 Å². The molecule has 2 aromatic carbocycles. The average Bonchev–Trinajstić information content (AvgIpc) is 3.53. The molecule has 0 aliphatic heterocycles. The highest BCUT2D eigenvalue weighted by atomic mass is 32.1. The van der Waals surface area contributed by atoms with Crippen molar-refractivity contribution in [1.82, 2.24) is 29.5 Å². The molecule has 2 N–H and O–H groups in total. The van der Waals surface area contributed by atoms with E-state index in [4.69, 9.17) is 15.7 Å². The Balaban J connectivity index is 1.44. The van der Waals surface area contributed by atoms with Gasteiger partial charge in [0.05, 0.1) is 16.0 Å². The summed E-state index contributed by atoms with van der Waals surface area (Å²) < 4.78 is 7.88. The zero-order chi connectivity index (χ0) is 26.2. The van der Waals surface area contributed by atoms with E-state index in [1.165, 1.54) is 17.7 Å². The van der Waals surface area contributed by atoms with Gasteiger partial charge in [-0.2, -0.15) is 5.26 Å². The molecule has 10 heteroatoms. The van der Waals surface area contributed by atoms with Crippen LogP contribution in [0.1, 0.15) is 10.7 Å². The third-order valence-corrected chi connectivity index (χ3v) is 7.12. The van der Waals surface area contributed by atoms with Gasteiger partial charge in [-0.05, 0) is 41.8 Å². The number of nitrogen functional groups attached to an aromatic ring is 1. The van der Waals surface area contributed by atoms with Crippen molar-refractivity contribution in [2.45, 2.75) is 6.92 Å². The van der Waals surface area contributed by atoms with Crippen LogP contribution in [-0.2, 0) is 7.05 Å². The number of rotatable bonds is 5. The third kappa shape index (κ3) is 4.11. The number of nitrogens with two attached hydrogens (primary N) is 1. The number of fused-ring (bicyclic) bond motifs is 1. The van der Waals surface area contributed by atoms with Crippen molar-refractivity contribution >= 4 is 28.2 Å². The zero-order valence-electron chi connectivity index (χ0n) is 20.5. The Morgan fingerprint density at radius 3 is 2.37 bits per heavy atom. The number of nitriles is 1. The van der Waals surface area contributed by atoms with E-state index in [9.17, 15) is 0 Å². The van der Waals surface area contributed by atoms with E-state index in [1.807, 2.05) is 61.0 Å². The molecule has 0 saturated carbocycles. The number of aryl methyl sites for hydroxylation is 2. The molecule has 0 spiro atoms. The maximum absolute atomic E-state index is 9.11. The lowest BCUT2D eigenvalue weighted by molar-refractivity contribution is 0.440. The van der Waals surface area contributed by atoms with Crippen molar-refractivity contribution in [1.29, 1.82) is 5.26 Å². The van der Waals surface area contributed by atoms with Gasteiger partial charge in [-0.3, -0.25) is 0 Å². The first-order chi connectivity index (χ1) is 18.5. The number of thiazole rings is 1. The van der Waals surface area contributed by atoms with Crippen LogP contribution in [0.4, 0.5) is 5.82 Å². The second-order valence-corrected chi connectivity index (χ2v) is 9.60. The fourth-order valence-electron chi connectivity index (χ4n) is 4.42. The SMILES string of the molecule is Cc1ccnc(Oc2ccc(-c3c(-c4ccc(-c5cnc(C#N)s5)cc4)n(C)c4ncnc(N)c34)cc2)n1. The number of anilines is 1. The van der Waals surface area contributed by atoms with E-state index >= 15 is 0 Å². The van der Waals surface area contributed by atoms with E-state index in [-0.39, 0.29) is 0 Å². The normalized spacial score (nSPS) is 11.0. The molecule has 38 heavy (non-hydrogen) atoms. The van der Waals surface area contributed by atoms with Crippen molar-refractivity contribution in [2.24, 2.45) is 7.05 Å². The van der Waals surface area contributed by atoms with Crippen molar-refractivity contribution < 1.29 is 4.74 Å².